The summed E-state index contributed by atoms with van der Waals surface area (Å²) < 4.78 is 31.9. The van der Waals surface area contributed by atoms with E-state index in [-0.39, 0.29) is 24.3 Å². The number of likely N-dealkylation sites (tertiary alicyclic amines) is 2. The number of piperidine rings is 1. The third kappa shape index (κ3) is 3.57. The fourth-order valence-electron chi connectivity index (χ4n) is 4.88. The highest BCUT2D eigenvalue weighted by Gasteiger charge is 2.51. The van der Waals surface area contributed by atoms with Crippen LogP contribution in [0.25, 0.3) is 0 Å². The number of amides is 1. The van der Waals surface area contributed by atoms with E-state index in [0.717, 1.165) is 44.8 Å². The molecule has 0 unspecified atom stereocenters. The summed E-state index contributed by atoms with van der Waals surface area (Å²) in [4.78, 5) is 16.7. The molecule has 4 fully saturated rings. The molecule has 6 heteroatoms. The van der Waals surface area contributed by atoms with Crippen LogP contribution in [-0.2, 0) is 9.53 Å². The van der Waals surface area contributed by atoms with E-state index in [1.165, 1.54) is 12.8 Å². The van der Waals surface area contributed by atoms with Crippen LogP contribution in [-0.4, -0.2) is 66.6 Å². The van der Waals surface area contributed by atoms with Crippen molar-refractivity contribution in [3.8, 4) is 0 Å². The van der Waals surface area contributed by atoms with Crippen LogP contribution < -0.4 is 0 Å². The zero-order valence-corrected chi connectivity index (χ0v) is 15.2. The molecule has 0 aromatic heterocycles. The number of rotatable bonds is 5. The van der Waals surface area contributed by atoms with Crippen LogP contribution in [0.3, 0.4) is 0 Å². The third-order valence-corrected chi connectivity index (χ3v) is 7.04. The number of hydrogen-bond donors (Lipinski definition) is 0. The SMILES string of the molecule is CN1[C@H](COCC2CC2)CCC12CCN(C(=O)C1CC(F)(F)C1)CC2. The molecule has 2 saturated carbocycles. The van der Waals surface area contributed by atoms with Gasteiger partial charge in [-0.1, -0.05) is 0 Å². The van der Waals surface area contributed by atoms with Crippen molar-refractivity contribution in [2.24, 2.45) is 11.8 Å². The highest BCUT2D eigenvalue weighted by atomic mass is 19.3. The number of halogens is 2. The van der Waals surface area contributed by atoms with Gasteiger partial charge in [0.2, 0.25) is 11.8 Å². The molecule has 2 aliphatic heterocycles. The molecule has 2 saturated heterocycles. The standard InChI is InChI=1S/C19H30F2N2O2/c1-22-16(13-25-12-14-2-3-14)4-5-18(22)6-8-23(9-7-18)17(24)15-10-19(20,21)11-15/h14-16H,2-13H2,1H3/t16-/m0/s1. The lowest BCUT2D eigenvalue weighted by molar-refractivity contribution is -0.161. The molecule has 4 aliphatic rings. The smallest absolute Gasteiger partial charge is 0.249 e. The van der Waals surface area contributed by atoms with Crippen molar-refractivity contribution in [1.29, 1.82) is 0 Å². The van der Waals surface area contributed by atoms with E-state index < -0.39 is 11.8 Å². The van der Waals surface area contributed by atoms with Gasteiger partial charge in [-0.2, -0.15) is 0 Å². The number of hydrogen-bond acceptors (Lipinski definition) is 3. The summed E-state index contributed by atoms with van der Waals surface area (Å²) in [6.45, 7) is 3.14. The van der Waals surface area contributed by atoms with Crippen molar-refractivity contribution in [1.82, 2.24) is 9.80 Å². The highest BCUT2D eigenvalue weighted by molar-refractivity contribution is 5.80. The largest absolute Gasteiger partial charge is 0.380 e. The average Bonchev–Trinajstić information content (AvgIpc) is 3.34. The van der Waals surface area contributed by atoms with Gasteiger partial charge in [-0.3, -0.25) is 9.69 Å². The fourth-order valence-corrected chi connectivity index (χ4v) is 4.88. The second-order valence-corrected chi connectivity index (χ2v) is 8.79. The van der Waals surface area contributed by atoms with Crippen molar-refractivity contribution in [2.75, 3.05) is 33.4 Å². The van der Waals surface area contributed by atoms with Gasteiger partial charge in [-0.25, -0.2) is 8.78 Å². The Morgan fingerprint density at radius 3 is 2.36 bits per heavy atom. The molecule has 0 radical (unpaired) electrons. The lowest BCUT2D eigenvalue weighted by atomic mass is 9.79. The van der Waals surface area contributed by atoms with Crippen molar-refractivity contribution in [2.45, 2.75) is 68.9 Å². The summed E-state index contributed by atoms with van der Waals surface area (Å²) in [6, 6.07) is 0.478. The third-order valence-electron chi connectivity index (χ3n) is 7.04. The molecule has 0 aromatic rings. The molecule has 25 heavy (non-hydrogen) atoms. The Morgan fingerprint density at radius 1 is 1.08 bits per heavy atom. The normalized spacial score (nSPS) is 32.1. The molecule has 142 valence electrons. The lowest BCUT2D eigenvalue weighted by Gasteiger charge is -2.46. The van der Waals surface area contributed by atoms with Gasteiger partial charge in [0.25, 0.3) is 0 Å². The van der Waals surface area contributed by atoms with Gasteiger partial charge in [-0.15, -0.1) is 0 Å². The molecule has 2 aliphatic carbocycles. The summed E-state index contributed by atoms with van der Waals surface area (Å²) in [5, 5.41) is 0. The fraction of sp³-hybridized carbons (Fsp3) is 0.947. The average molecular weight is 356 g/mol. The Labute approximate surface area is 148 Å². The number of carbonyl (C=O) groups excluding carboxylic acids is 1. The minimum absolute atomic E-state index is 0.0502. The van der Waals surface area contributed by atoms with E-state index in [4.69, 9.17) is 4.74 Å². The van der Waals surface area contributed by atoms with E-state index in [1.54, 1.807) is 0 Å². The minimum Gasteiger partial charge on any atom is -0.380 e. The van der Waals surface area contributed by atoms with Crippen LogP contribution in [0.15, 0.2) is 0 Å². The monoisotopic (exact) mass is 356 g/mol. The van der Waals surface area contributed by atoms with Crippen LogP contribution in [0, 0.1) is 11.8 Å². The van der Waals surface area contributed by atoms with Gasteiger partial charge in [0.1, 0.15) is 0 Å². The topological polar surface area (TPSA) is 32.8 Å². The number of nitrogens with zero attached hydrogens (tertiary/aromatic N) is 2. The van der Waals surface area contributed by atoms with E-state index in [1.807, 2.05) is 4.90 Å². The Kier molecular flexibility index (Phi) is 4.55. The highest BCUT2D eigenvalue weighted by Crippen LogP contribution is 2.45. The van der Waals surface area contributed by atoms with Crippen LogP contribution in [0.4, 0.5) is 8.78 Å². The summed E-state index contributed by atoms with van der Waals surface area (Å²) in [5.74, 6) is -2.31. The minimum atomic E-state index is -2.61. The molecule has 1 atom stereocenters. The molecule has 2 heterocycles. The quantitative estimate of drug-likeness (QED) is 0.759. The predicted molar refractivity (Wildman–Crippen MR) is 90.5 cm³/mol. The van der Waals surface area contributed by atoms with E-state index in [9.17, 15) is 13.6 Å². The maximum absolute atomic E-state index is 13.0. The zero-order chi connectivity index (χ0) is 17.7. The molecule has 1 spiro atoms. The number of alkyl halides is 2. The zero-order valence-electron chi connectivity index (χ0n) is 15.2. The lowest BCUT2D eigenvalue weighted by Crippen LogP contribution is -2.56. The number of ether oxygens (including phenoxy) is 1. The second kappa shape index (κ2) is 6.45. The summed E-state index contributed by atoms with van der Waals surface area (Å²) in [6.07, 6.45) is 6.35. The van der Waals surface area contributed by atoms with Gasteiger partial charge in [-0.05, 0) is 51.5 Å². The van der Waals surface area contributed by atoms with Crippen molar-refractivity contribution < 1.29 is 18.3 Å². The van der Waals surface area contributed by atoms with Crippen LogP contribution >= 0.6 is 0 Å². The molecule has 0 aromatic carbocycles. The molecular formula is C19H30F2N2O2. The van der Waals surface area contributed by atoms with E-state index in [0.29, 0.717) is 19.1 Å². The van der Waals surface area contributed by atoms with Crippen molar-refractivity contribution >= 4 is 5.91 Å². The predicted octanol–water partition coefficient (Wildman–Crippen LogP) is 2.91. The van der Waals surface area contributed by atoms with Gasteiger partial charge < -0.3 is 9.64 Å². The molecule has 4 rings (SSSR count). The molecular weight excluding hydrogens is 326 g/mol. The Morgan fingerprint density at radius 2 is 1.76 bits per heavy atom. The first-order valence-corrected chi connectivity index (χ1v) is 9.86. The first-order chi connectivity index (χ1) is 11.9. The van der Waals surface area contributed by atoms with E-state index in [2.05, 4.69) is 11.9 Å². The number of carbonyl (C=O) groups is 1. The van der Waals surface area contributed by atoms with E-state index >= 15 is 0 Å². The Hall–Kier alpha value is -0.750. The first kappa shape index (κ1) is 17.7. The van der Waals surface area contributed by atoms with Crippen LogP contribution in [0.5, 0.6) is 0 Å². The summed E-state index contributed by atoms with van der Waals surface area (Å²) in [7, 11) is 2.20. The van der Waals surface area contributed by atoms with Gasteiger partial charge in [0.15, 0.2) is 0 Å². The second-order valence-electron chi connectivity index (χ2n) is 8.79. The molecule has 4 nitrogen and oxygen atoms in total. The molecule has 0 N–H and O–H groups in total. The van der Waals surface area contributed by atoms with Crippen molar-refractivity contribution in [3.05, 3.63) is 0 Å². The van der Waals surface area contributed by atoms with Gasteiger partial charge in [0, 0.05) is 50.0 Å². The maximum Gasteiger partial charge on any atom is 0.249 e. The summed E-state index contributed by atoms with van der Waals surface area (Å²) in [5.41, 5.74) is 0.175. The maximum atomic E-state index is 13.0. The van der Waals surface area contributed by atoms with Crippen LogP contribution in [0.1, 0.15) is 51.4 Å². The summed E-state index contributed by atoms with van der Waals surface area (Å²) >= 11 is 0. The van der Waals surface area contributed by atoms with Gasteiger partial charge >= 0.3 is 0 Å². The van der Waals surface area contributed by atoms with Crippen molar-refractivity contribution in [3.63, 3.8) is 0 Å². The number of likely N-dealkylation sites (N-methyl/N-ethyl adjacent to an activating group) is 1. The Bertz CT molecular complexity index is 508. The molecule has 0 bridgehead atoms. The van der Waals surface area contributed by atoms with Crippen LogP contribution in [0.2, 0.25) is 0 Å². The molecule has 1 amide bonds. The van der Waals surface area contributed by atoms with Gasteiger partial charge in [0.05, 0.1) is 6.61 Å². The Balaban J connectivity index is 1.25. The first-order valence-electron chi connectivity index (χ1n) is 9.86.